The lowest BCUT2D eigenvalue weighted by Crippen LogP contribution is -2.26. The van der Waals surface area contributed by atoms with E-state index in [2.05, 4.69) is 23.8 Å². The molecule has 0 spiro atoms. The summed E-state index contributed by atoms with van der Waals surface area (Å²) in [6.07, 6.45) is 7.08. The molecular formula is C24H31FN2O5S. The molecule has 1 aromatic carbocycles. The lowest BCUT2D eigenvalue weighted by Gasteiger charge is -2.28. The van der Waals surface area contributed by atoms with Gasteiger partial charge < -0.3 is 9.47 Å². The molecule has 0 saturated heterocycles. The van der Waals surface area contributed by atoms with Crippen LogP contribution in [-0.4, -0.2) is 36.5 Å². The van der Waals surface area contributed by atoms with Gasteiger partial charge in [-0.1, -0.05) is 13.8 Å². The Morgan fingerprint density at radius 1 is 1.15 bits per heavy atom. The number of aromatic nitrogens is 2. The highest BCUT2D eigenvalue weighted by Gasteiger charge is 2.26. The molecular weight excluding hydrogens is 447 g/mol. The Kier molecular flexibility index (Phi) is 8.05. The summed E-state index contributed by atoms with van der Waals surface area (Å²) in [6, 6.07) is 3.46. The third-order valence-electron chi connectivity index (χ3n) is 5.75. The number of benzene rings is 1. The Bertz CT molecular complexity index is 1100. The zero-order valence-electron chi connectivity index (χ0n) is 19.5. The number of carbonyl (C=O) groups is 1. The highest BCUT2D eigenvalue weighted by molar-refractivity contribution is 7.90. The monoisotopic (exact) mass is 478 g/mol. The number of sulfone groups is 1. The maximum atomic E-state index is 14.4. The van der Waals surface area contributed by atoms with Crippen LogP contribution < -0.4 is 9.47 Å². The number of halogens is 1. The molecule has 0 atom stereocenters. The highest BCUT2D eigenvalue weighted by atomic mass is 32.2. The van der Waals surface area contributed by atoms with Crippen molar-refractivity contribution in [1.29, 1.82) is 0 Å². The van der Waals surface area contributed by atoms with Gasteiger partial charge in [0.2, 0.25) is 11.8 Å². The van der Waals surface area contributed by atoms with Gasteiger partial charge in [0, 0.05) is 19.1 Å². The van der Waals surface area contributed by atoms with Crippen molar-refractivity contribution in [3.05, 3.63) is 35.9 Å². The standard InChI is InChI=1S/C24H31FN2O5S/c1-15(2)11-18(28)12-17-5-7-19(8-6-17)31-23-16(3)24(27-14-26-23)32-22-10-9-20(13-21(22)25)33(4,29)30/h9-10,13-15,17,19H,5-8,11-12H2,1-4H3. The van der Waals surface area contributed by atoms with Gasteiger partial charge in [-0.2, -0.15) is 0 Å². The molecule has 0 N–H and O–H groups in total. The second-order valence-corrected chi connectivity index (χ2v) is 11.2. The van der Waals surface area contributed by atoms with Crippen molar-refractivity contribution < 1.29 is 27.1 Å². The van der Waals surface area contributed by atoms with Crippen LogP contribution in [0.3, 0.4) is 0 Å². The molecule has 0 aliphatic heterocycles. The number of hydrogen-bond donors (Lipinski definition) is 0. The van der Waals surface area contributed by atoms with E-state index < -0.39 is 15.7 Å². The van der Waals surface area contributed by atoms with Gasteiger partial charge in [0.05, 0.1) is 10.5 Å². The topological polar surface area (TPSA) is 95.5 Å². The maximum absolute atomic E-state index is 14.4. The summed E-state index contributed by atoms with van der Waals surface area (Å²) < 4.78 is 49.3. The minimum Gasteiger partial charge on any atom is -0.474 e. The highest BCUT2D eigenvalue weighted by Crippen LogP contribution is 2.33. The van der Waals surface area contributed by atoms with Gasteiger partial charge in [-0.15, -0.1) is 0 Å². The molecule has 33 heavy (non-hydrogen) atoms. The summed E-state index contributed by atoms with van der Waals surface area (Å²) >= 11 is 0. The number of carbonyl (C=O) groups excluding carboxylic acids is 1. The SMILES string of the molecule is Cc1c(Oc2ccc(S(C)(=O)=O)cc2F)ncnc1OC1CCC(CC(=O)CC(C)C)CC1. The van der Waals surface area contributed by atoms with Crippen LogP contribution in [0.4, 0.5) is 4.39 Å². The Morgan fingerprint density at radius 3 is 2.42 bits per heavy atom. The third-order valence-corrected chi connectivity index (χ3v) is 6.86. The van der Waals surface area contributed by atoms with Gasteiger partial charge >= 0.3 is 0 Å². The molecule has 0 bridgehead atoms. The fourth-order valence-corrected chi connectivity index (χ4v) is 4.64. The predicted octanol–water partition coefficient (Wildman–Crippen LogP) is 5.06. The van der Waals surface area contributed by atoms with Crippen molar-refractivity contribution in [2.24, 2.45) is 11.8 Å². The average Bonchev–Trinajstić information content (AvgIpc) is 2.72. The van der Waals surface area contributed by atoms with Crippen molar-refractivity contribution in [2.45, 2.75) is 70.3 Å². The van der Waals surface area contributed by atoms with Crippen molar-refractivity contribution in [3.8, 4) is 17.5 Å². The molecule has 180 valence electrons. The molecule has 1 aliphatic rings. The van der Waals surface area contributed by atoms with E-state index in [9.17, 15) is 17.6 Å². The molecule has 1 heterocycles. The molecule has 0 radical (unpaired) electrons. The van der Waals surface area contributed by atoms with Crippen molar-refractivity contribution in [1.82, 2.24) is 9.97 Å². The van der Waals surface area contributed by atoms with Gasteiger partial charge in [0.1, 0.15) is 18.2 Å². The van der Waals surface area contributed by atoms with E-state index in [1.165, 1.54) is 18.5 Å². The second-order valence-electron chi connectivity index (χ2n) is 9.18. The molecule has 2 aromatic rings. The summed E-state index contributed by atoms with van der Waals surface area (Å²) in [5.41, 5.74) is 0.526. The van der Waals surface area contributed by atoms with Gasteiger partial charge in [0.15, 0.2) is 21.4 Å². The van der Waals surface area contributed by atoms with E-state index in [0.717, 1.165) is 38.0 Å². The van der Waals surface area contributed by atoms with E-state index in [4.69, 9.17) is 9.47 Å². The van der Waals surface area contributed by atoms with Gasteiger partial charge in [-0.25, -0.2) is 22.8 Å². The van der Waals surface area contributed by atoms with E-state index >= 15 is 0 Å². The molecule has 9 heteroatoms. The molecule has 1 fully saturated rings. The number of nitrogens with zero attached hydrogens (tertiary/aromatic N) is 2. The van der Waals surface area contributed by atoms with Crippen LogP contribution in [0, 0.1) is 24.6 Å². The van der Waals surface area contributed by atoms with Crippen LogP contribution >= 0.6 is 0 Å². The zero-order valence-corrected chi connectivity index (χ0v) is 20.3. The van der Waals surface area contributed by atoms with Crippen molar-refractivity contribution in [3.63, 3.8) is 0 Å². The maximum Gasteiger partial charge on any atom is 0.229 e. The molecule has 1 saturated carbocycles. The quantitative estimate of drug-likeness (QED) is 0.497. The molecule has 3 rings (SSSR count). The fourth-order valence-electron chi connectivity index (χ4n) is 4.01. The summed E-state index contributed by atoms with van der Waals surface area (Å²) in [4.78, 5) is 20.2. The van der Waals surface area contributed by atoms with E-state index in [1.54, 1.807) is 6.92 Å². The summed E-state index contributed by atoms with van der Waals surface area (Å²) in [7, 11) is -3.52. The molecule has 0 unspecified atom stereocenters. The first-order valence-corrected chi connectivity index (χ1v) is 13.1. The lowest BCUT2D eigenvalue weighted by atomic mass is 9.83. The average molecular weight is 479 g/mol. The lowest BCUT2D eigenvalue weighted by molar-refractivity contribution is -0.121. The van der Waals surface area contributed by atoms with E-state index in [0.29, 0.717) is 41.9 Å². The van der Waals surface area contributed by atoms with Crippen LogP contribution in [0.1, 0.15) is 57.9 Å². The van der Waals surface area contributed by atoms with Crippen molar-refractivity contribution in [2.75, 3.05) is 6.26 Å². The van der Waals surface area contributed by atoms with Crippen molar-refractivity contribution >= 4 is 15.6 Å². The Hall–Kier alpha value is -2.55. The van der Waals surface area contributed by atoms with Crippen LogP contribution in [0.2, 0.25) is 0 Å². The summed E-state index contributed by atoms with van der Waals surface area (Å²) in [5.74, 6) is 0.691. The third kappa shape index (κ3) is 6.96. The molecule has 7 nitrogen and oxygen atoms in total. The Balaban J connectivity index is 1.62. The number of Topliss-reactive ketones (excluding diaryl/α,β-unsaturated/α-hetero) is 1. The number of ether oxygens (including phenoxy) is 2. The first-order valence-electron chi connectivity index (χ1n) is 11.2. The second kappa shape index (κ2) is 10.6. The number of hydrogen-bond acceptors (Lipinski definition) is 7. The predicted molar refractivity (Wildman–Crippen MR) is 122 cm³/mol. The molecule has 1 aromatic heterocycles. The van der Waals surface area contributed by atoms with Gasteiger partial charge in [0.25, 0.3) is 0 Å². The minimum absolute atomic E-state index is 0.0197. The first kappa shape index (κ1) is 25.1. The minimum atomic E-state index is -3.52. The summed E-state index contributed by atoms with van der Waals surface area (Å²) in [5, 5.41) is 0. The van der Waals surface area contributed by atoms with Gasteiger partial charge in [-0.05, 0) is 62.6 Å². The smallest absolute Gasteiger partial charge is 0.229 e. The first-order chi connectivity index (χ1) is 15.5. The molecule has 1 aliphatic carbocycles. The van der Waals surface area contributed by atoms with Gasteiger partial charge in [-0.3, -0.25) is 4.79 Å². The normalized spacial score (nSPS) is 18.8. The van der Waals surface area contributed by atoms with Crippen LogP contribution in [-0.2, 0) is 14.6 Å². The Morgan fingerprint density at radius 2 is 1.82 bits per heavy atom. The number of ketones is 1. The van der Waals surface area contributed by atoms with Crippen LogP contribution in [0.25, 0.3) is 0 Å². The van der Waals surface area contributed by atoms with Crippen LogP contribution in [0.5, 0.6) is 17.5 Å². The Labute approximate surface area is 194 Å². The van der Waals surface area contributed by atoms with E-state index in [-0.39, 0.29) is 22.6 Å². The summed E-state index contributed by atoms with van der Waals surface area (Å²) in [6.45, 7) is 5.84. The molecule has 0 amide bonds. The number of rotatable bonds is 9. The largest absolute Gasteiger partial charge is 0.474 e. The van der Waals surface area contributed by atoms with Crippen LogP contribution in [0.15, 0.2) is 29.4 Å². The van der Waals surface area contributed by atoms with E-state index in [1.807, 2.05) is 0 Å². The fraction of sp³-hybridized carbons (Fsp3) is 0.542. The zero-order chi connectivity index (χ0) is 24.2.